The molecule has 0 saturated carbocycles. The number of aromatic nitrogens is 1. The summed E-state index contributed by atoms with van der Waals surface area (Å²) in [6.07, 6.45) is 1.25. The minimum Gasteiger partial charge on any atom is -0.399 e. The maximum atomic E-state index is 11.9. The van der Waals surface area contributed by atoms with Crippen molar-refractivity contribution >= 4 is 34.0 Å². The van der Waals surface area contributed by atoms with E-state index in [4.69, 9.17) is 9.25 Å². The third-order valence-electron chi connectivity index (χ3n) is 3.81. The molecule has 1 aliphatic rings. The smallest absolute Gasteiger partial charge is 0.399 e. The van der Waals surface area contributed by atoms with Crippen molar-refractivity contribution in [2.24, 2.45) is 10.2 Å². The number of azo groups is 1. The van der Waals surface area contributed by atoms with Gasteiger partial charge in [0.2, 0.25) is 5.13 Å². The Morgan fingerprint density at radius 3 is 2.79 bits per heavy atom. The minimum absolute atomic E-state index is 0.149. The number of hydrazine groups is 1. The van der Waals surface area contributed by atoms with Gasteiger partial charge in [-0.05, 0) is 25.1 Å². The number of anilines is 1. The van der Waals surface area contributed by atoms with E-state index in [9.17, 15) is 14.9 Å². The molecule has 146 valence electrons. The van der Waals surface area contributed by atoms with Crippen LogP contribution in [0.25, 0.3) is 11.5 Å². The molecule has 11 nitrogen and oxygen atoms in total. The highest BCUT2D eigenvalue weighted by atomic mass is 32.1. The van der Waals surface area contributed by atoms with Crippen molar-refractivity contribution in [3.05, 3.63) is 69.4 Å². The Hall–Kier alpha value is -3.90. The molecule has 0 aliphatic carbocycles. The fourth-order valence-electron chi connectivity index (χ4n) is 2.40. The van der Waals surface area contributed by atoms with Gasteiger partial charge in [-0.15, -0.1) is 16.5 Å². The van der Waals surface area contributed by atoms with Gasteiger partial charge in [-0.3, -0.25) is 10.1 Å². The molecule has 0 radical (unpaired) electrons. The van der Waals surface area contributed by atoms with Crippen LogP contribution in [0.1, 0.15) is 5.56 Å². The van der Waals surface area contributed by atoms with Gasteiger partial charge in [-0.25, -0.2) is 14.8 Å². The van der Waals surface area contributed by atoms with E-state index in [-0.39, 0.29) is 22.5 Å². The summed E-state index contributed by atoms with van der Waals surface area (Å²) in [4.78, 5) is 31.0. The molecule has 1 fully saturated rings. The van der Waals surface area contributed by atoms with E-state index in [2.05, 4.69) is 20.8 Å². The van der Waals surface area contributed by atoms with Gasteiger partial charge in [0.1, 0.15) is 10.6 Å². The molecular weight excluding hydrogens is 400 g/mol. The molecule has 29 heavy (non-hydrogen) atoms. The van der Waals surface area contributed by atoms with Gasteiger partial charge in [0, 0.05) is 5.38 Å². The second-order valence-electron chi connectivity index (χ2n) is 5.79. The lowest BCUT2D eigenvalue weighted by molar-refractivity contribution is -0.401. The highest BCUT2D eigenvalue weighted by Crippen LogP contribution is 2.30. The Morgan fingerprint density at radius 2 is 2.07 bits per heavy atom. The zero-order valence-corrected chi connectivity index (χ0v) is 15.6. The topological polar surface area (TPSA) is 135 Å². The Kier molecular flexibility index (Phi) is 4.85. The second kappa shape index (κ2) is 7.61. The minimum atomic E-state index is -0.628. The van der Waals surface area contributed by atoms with Crippen LogP contribution in [0.3, 0.4) is 0 Å². The van der Waals surface area contributed by atoms with Gasteiger partial charge < -0.3 is 9.25 Å². The Balaban J connectivity index is 1.51. The normalized spacial score (nSPS) is 15.4. The molecular formula is C17H12N6O5S. The highest BCUT2D eigenvalue weighted by Gasteiger charge is 2.29. The van der Waals surface area contributed by atoms with Crippen molar-refractivity contribution in [2.45, 2.75) is 6.92 Å². The van der Waals surface area contributed by atoms with E-state index in [1.54, 1.807) is 5.38 Å². The first-order valence-electron chi connectivity index (χ1n) is 8.16. The molecule has 0 atom stereocenters. The molecule has 0 spiro atoms. The fourth-order valence-corrected chi connectivity index (χ4v) is 3.03. The first-order chi connectivity index (χ1) is 14.0. The molecule has 3 aromatic rings. The molecule has 1 N–H and O–H groups in total. The van der Waals surface area contributed by atoms with Crippen molar-refractivity contribution in [1.82, 2.24) is 10.6 Å². The van der Waals surface area contributed by atoms with E-state index in [1.807, 2.05) is 31.2 Å². The number of hydrogen-bond donors (Lipinski definition) is 1. The molecule has 4 rings (SSSR count). The maximum Gasteiger partial charge on any atom is 0.433 e. The first-order valence-corrected chi connectivity index (χ1v) is 9.04. The number of aryl methyl sites for hydroxylation is 1. The van der Waals surface area contributed by atoms with Gasteiger partial charge in [0.15, 0.2) is 11.5 Å². The van der Waals surface area contributed by atoms with Crippen LogP contribution in [-0.4, -0.2) is 15.9 Å². The quantitative estimate of drug-likeness (QED) is 0.287. The number of nitrogens with one attached hydrogen (secondary N) is 1. The third kappa shape index (κ3) is 3.88. The summed E-state index contributed by atoms with van der Waals surface area (Å²) >= 11 is 1.17. The number of rotatable bonds is 5. The molecule has 12 heteroatoms. The summed E-state index contributed by atoms with van der Waals surface area (Å²) in [6, 6.07) is 10.1. The number of carbonyl (C=O) groups is 1. The predicted molar refractivity (Wildman–Crippen MR) is 102 cm³/mol. The SMILES string of the molecule is Cc1ccc(N2NOC(=O)C2=CN=Nc2nc(-c3ccc([N+](=O)[O-])o3)cs2)cc1. The Bertz CT molecular complexity index is 1130. The van der Waals surface area contributed by atoms with Crippen molar-refractivity contribution in [1.29, 1.82) is 0 Å². The molecule has 1 aromatic carbocycles. The number of hydrogen-bond acceptors (Lipinski definition) is 11. The summed E-state index contributed by atoms with van der Waals surface area (Å²) in [5.74, 6) is -0.724. The predicted octanol–water partition coefficient (Wildman–Crippen LogP) is 4.03. The third-order valence-corrected chi connectivity index (χ3v) is 4.54. The summed E-state index contributed by atoms with van der Waals surface area (Å²) in [6.45, 7) is 1.96. The molecule has 0 bridgehead atoms. The van der Waals surface area contributed by atoms with Gasteiger partial charge in [0.25, 0.3) is 0 Å². The lowest BCUT2D eigenvalue weighted by Crippen LogP contribution is -2.28. The van der Waals surface area contributed by atoms with Crippen LogP contribution in [0.5, 0.6) is 0 Å². The summed E-state index contributed by atoms with van der Waals surface area (Å²) in [5, 5.41) is 21.9. The second-order valence-corrected chi connectivity index (χ2v) is 6.63. The van der Waals surface area contributed by atoms with Gasteiger partial charge in [0.05, 0.1) is 18.0 Å². The van der Waals surface area contributed by atoms with E-state index in [1.165, 1.54) is 34.7 Å². The molecule has 1 saturated heterocycles. The number of carbonyl (C=O) groups excluding carboxylic acids is 1. The van der Waals surface area contributed by atoms with Crippen molar-refractivity contribution < 1.29 is 19.0 Å². The van der Waals surface area contributed by atoms with Gasteiger partial charge >= 0.3 is 11.9 Å². The number of benzene rings is 1. The molecule has 2 aromatic heterocycles. The molecule has 0 amide bonds. The Labute approximate surface area is 167 Å². The summed E-state index contributed by atoms with van der Waals surface area (Å²) in [5.41, 5.74) is 4.83. The fraction of sp³-hybridized carbons (Fsp3) is 0.0588. The number of nitro groups is 1. The number of thiazole rings is 1. The van der Waals surface area contributed by atoms with Crippen molar-refractivity contribution in [3.8, 4) is 11.5 Å². The number of nitrogens with zero attached hydrogens (tertiary/aromatic N) is 5. The average molecular weight is 412 g/mol. The average Bonchev–Trinajstić information content (AvgIpc) is 3.43. The zero-order chi connectivity index (χ0) is 20.4. The van der Waals surface area contributed by atoms with Gasteiger partial charge in [-0.1, -0.05) is 23.3 Å². The maximum absolute atomic E-state index is 11.9. The van der Waals surface area contributed by atoms with Crippen LogP contribution in [0.15, 0.2) is 68.3 Å². The van der Waals surface area contributed by atoms with Crippen molar-refractivity contribution in [2.75, 3.05) is 5.01 Å². The van der Waals surface area contributed by atoms with Crippen LogP contribution in [0.2, 0.25) is 0 Å². The van der Waals surface area contributed by atoms with Crippen LogP contribution in [0, 0.1) is 17.0 Å². The van der Waals surface area contributed by atoms with E-state index < -0.39 is 10.9 Å². The summed E-state index contributed by atoms with van der Waals surface area (Å²) < 4.78 is 5.10. The standard InChI is InChI=1S/C17H12N6O5S/c1-10-2-4-11(5-3-10)22-13(16(24)28-21-22)8-18-20-17-19-12(9-29-17)14-6-7-15(27-14)23(25)26/h2-9,21H,1H3. The van der Waals surface area contributed by atoms with Crippen LogP contribution in [-0.2, 0) is 9.63 Å². The molecule has 3 heterocycles. The highest BCUT2D eigenvalue weighted by molar-refractivity contribution is 7.13. The molecule has 0 unspecified atom stereocenters. The lowest BCUT2D eigenvalue weighted by Gasteiger charge is -2.14. The lowest BCUT2D eigenvalue weighted by atomic mass is 10.2. The first kappa shape index (κ1) is 18.5. The molecule has 1 aliphatic heterocycles. The van der Waals surface area contributed by atoms with E-state index in [0.29, 0.717) is 11.4 Å². The van der Waals surface area contributed by atoms with Crippen LogP contribution in [0.4, 0.5) is 16.7 Å². The Morgan fingerprint density at radius 1 is 1.28 bits per heavy atom. The largest absolute Gasteiger partial charge is 0.433 e. The van der Waals surface area contributed by atoms with Gasteiger partial charge in [-0.2, -0.15) is 5.11 Å². The van der Waals surface area contributed by atoms with Crippen LogP contribution < -0.4 is 10.6 Å². The monoisotopic (exact) mass is 412 g/mol. The van der Waals surface area contributed by atoms with Crippen LogP contribution >= 0.6 is 11.3 Å². The number of furan rings is 1. The van der Waals surface area contributed by atoms with Crippen molar-refractivity contribution in [3.63, 3.8) is 0 Å². The van der Waals surface area contributed by atoms with E-state index >= 15 is 0 Å². The van der Waals surface area contributed by atoms with E-state index in [0.717, 1.165) is 5.56 Å². The zero-order valence-electron chi connectivity index (χ0n) is 14.8. The summed E-state index contributed by atoms with van der Waals surface area (Å²) in [7, 11) is 0.